The summed E-state index contributed by atoms with van der Waals surface area (Å²) in [7, 11) is 0. The first-order valence-corrected chi connectivity index (χ1v) is 11.0. The number of rotatable bonds is 7. The maximum absolute atomic E-state index is 10.1. The van der Waals surface area contributed by atoms with Gasteiger partial charge in [-0.15, -0.1) is 10.2 Å². The van der Waals surface area contributed by atoms with Crippen LogP contribution in [0.4, 0.5) is 5.69 Å². The summed E-state index contributed by atoms with van der Waals surface area (Å²) >= 11 is 1.58. The molecule has 0 fully saturated rings. The van der Waals surface area contributed by atoms with Crippen molar-refractivity contribution in [2.24, 2.45) is 0 Å². The Hall–Kier alpha value is -3.00. The number of fused-ring (bicyclic) bond motifs is 3. The summed E-state index contributed by atoms with van der Waals surface area (Å²) in [6.07, 6.45) is 1.68. The van der Waals surface area contributed by atoms with Crippen LogP contribution in [-0.4, -0.2) is 32.6 Å². The van der Waals surface area contributed by atoms with Crippen LogP contribution in [0, 0.1) is 0 Å². The normalized spacial score (nSPS) is 14.7. The van der Waals surface area contributed by atoms with Crippen molar-refractivity contribution in [1.82, 2.24) is 15.2 Å². The van der Waals surface area contributed by atoms with Crippen molar-refractivity contribution in [3.63, 3.8) is 0 Å². The van der Waals surface area contributed by atoms with Crippen molar-refractivity contribution in [1.29, 1.82) is 0 Å². The van der Waals surface area contributed by atoms with Gasteiger partial charge in [-0.1, -0.05) is 43.3 Å². The van der Waals surface area contributed by atoms with Gasteiger partial charge >= 0.3 is 0 Å². The molecule has 1 atom stereocenters. The molecule has 0 bridgehead atoms. The predicted molar refractivity (Wildman–Crippen MR) is 117 cm³/mol. The first kappa shape index (κ1) is 20.3. The van der Waals surface area contributed by atoms with Crippen LogP contribution in [0.15, 0.2) is 47.6 Å². The van der Waals surface area contributed by atoms with E-state index >= 15 is 0 Å². The molecule has 3 aromatic rings. The Kier molecular flexibility index (Phi) is 6.23. The summed E-state index contributed by atoms with van der Waals surface area (Å²) < 4.78 is 11.8. The lowest BCUT2D eigenvalue weighted by Crippen LogP contribution is -2.17. The van der Waals surface area contributed by atoms with Crippen molar-refractivity contribution in [2.45, 2.75) is 38.1 Å². The highest BCUT2D eigenvalue weighted by Crippen LogP contribution is 2.40. The fraction of sp³-hybridized carbons (Fsp3) is 0.318. The number of thioether (sulfide) groups is 1. The largest absolute Gasteiger partial charge is 0.504 e. The Labute approximate surface area is 179 Å². The minimum absolute atomic E-state index is 0.0913. The second kappa shape index (κ2) is 9.21. The van der Waals surface area contributed by atoms with E-state index in [2.05, 4.69) is 27.4 Å². The number of phenols is 1. The molecule has 156 valence electrons. The summed E-state index contributed by atoms with van der Waals surface area (Å²) in [6, 6.07) is 13.0. The second-order valence-corrected chi connectivity index (χ2v) is 7.86. The lowest BCUT2D eigenvalue weighted by atomic mass is 10.1. The van der Waals surface area contributed by atoms with Crippen molar-refractivity contribution < 1.29 is 14.6 Å². The quantitative estimate of drug-likeness (QED) is 0.403. The van der Waals surface area contributed by atoms with Gasteiger partial charge in [0.2, 0.25) is 11.0 Å². The van der Waals surface area contributed by atoms with E-state index in [-0.39, 0.29) is 5.75 Å². The van der Waals surface area contributed by atoms with Crippen molar-refractivity contribution in [3.05, 3.63) is 48.0 Å². The Morgan fingerprint density at radius 3 is 2.87 bits per heavy atom. The number of hydrogen-bond donors (Lipinski definition) is 2. The number of ether oxygens (including phenoxy) is 2. The minimum atomic E-state index is -0.530. The molecule has 7 nitrogen and oxygen atoms in total. The van der Waals surface area contributed by atoms with Gasteiger partial charge in [0.05, 0.1) is 6.61 Å². The van der Waals surface area contributed by atoms with Gasteiger partial charge in [-0.25, -0.2) is 0 Å². The molecule has 0 saturated carbocycles. The van der Waals surface area contributed by atoms with E-state index in [9.17, 15) is 5.11 Å². The van der Waals surface area contributed by atoms with Crippen molar-refractivity contribution >= 4 is 17.4 Å². The zero-order valence-corrected chi connectivity index (χ0v) is 17.8. The first-order valence-electron chi connectivity index (χ1n) is 10.1. The third kappa shape index (κ3) is 4.28. The highest BCUT2D eigenvalue weighted by atomic mass is 32.2. The van der Waals surface area contributed by atoms with Gasteiger partial charge in [-0.3, -0.25) is 0 Å². The Morgan fingerprint density at radius 2 is 2.03 bits per heavy atom. The van der Waals surface area contributed by atoms with Gasteiger partial charge in [0, 0.05) is 22.6 Å². The highest BCUT2D eigenvalue weighted by molar-refractivity contribution is 7.99. The van der Waals surface area contributed by atoms with E-state index in [0.717, 1.165) is 35.4 Å². The molecule has 1 aliphatic heterocycles. The van der Waals surface area contributed by atoms with E-state index in [1.807, 2.05) is 31.2 Å². The van der Waals surface area contributed by atoms with E-state index in [1.54, 1.807) is 30.0 Å². The second-order valence-electron chi connectivity index (χ2n) is 6.80. The average Bonchev–Trinajstić information content (AvgIpc) is 2.92. The number of para-hydroxylation sites is 1. The van der Waals surface area contributed by atoms with Crippen LogP contribution in [0.3, 0.4) is 0 Å². The molecule has 0 radical (unpaired) electrons. The molecule has 2 aromatic carbocycles. The van der Waals surface area contributed by atoms with Crippen LogP contribution < -0.4 is 14.8 Å². The molecule has 1 unspecified atom stereocenters. The summed E-state index contributed by atoms with van der Waals surface area (Å²) in [6.45, 7) is 4.48. The molecule has 2 N–H and O–H groups in total. The molecule has 1 aromatic heterocycles. The van der Waals surface area contributed by atoms with Crippen LogP contribution >= 0.6 is 11.8 Å². The number of phenolic OH excluding ortho intramolecular Hbond substituents is 1. The smallest absolute Gasteiger partial charge is 0.247 e. The van der Waals surface area contributed by atoms with Crippen LogP contribution in [0.2, 0.25) is 0 Å². The fourth-order valence-corrected chi connectivity index (χ4v) is 3.99. The number of benzene rings is 2. The molecule has 0 aliphatic carbocycles. The van der Waals surface area contributed by atoms with Crippen molar-refractivity contribution in [3.8, 4) is 28.6 Å². The number of nitrogens with zero attached hydrogens (tertiary/aromatic N) is 3. The topological polar surface area (TPSA) is 89.4 Å². The van der Waals surface area contributed by atoms with Crippen LogP contribution in [-0.2, 0) is 0 Å². The maximum Gasteiger partial charge on any atom is 0.247 e. The van der Waals surface area contributed by atoms with Gasteiger partial charge in [0.25, 0.3) is 0 Å². The molecule has 0 amide bonds. The molecule has 1 aliphatic rings. The lowest BCUT2D eigenvalue weighted by Gasteiger charge is -2.20. The van der Waals surface area contributed by atoms with Gasteiger partial charge in [-0.05, 0) is 37.6 Å². The summed E-state index contributed by atoms with van der Waals surface area (Å²) in [5, 5.41) is 22.8. The van der Waals surface area contributed by atoms with Gasteiger partial charge in [0.15, 0.2) is 23.4 Å². The summed E-state index contributed by atoms with van der Waals surface area (Å²) in [4.78, 5) is 4.64. The van der Waals surface area contributed by atoms with E-state index < -0.39 is 6.23 Å². The fourth-order valence-electron chi connectivity index (χ4n) is 3.13. The Balaban J connectivity index is 1.73. The molecule has 0 saturated heterocycles. The van der Waals surface area contributed by atoms with Gasteiger partial charge in [0.1, 0.15) is 0 Å². The predicted octanol–water partition coefficient (Wildman–Crippen LogP) is 5.04. The zero-order valence-electron chi connectivity index (χ0n) is 17.0. The summed E-state index contributed by atoms with van der Waals surface area (Å²) in [5.41, 5.74) is 3.15. The SMILES string of the molecule is CCCCSc1nnc2c(n1)OC(c1ccc(O)c(OCC)c1)Nc1ccccc1-2. The Bertz CT molecular complexity index is 1030. The number of unbranched alkanes of at least 4 members (excludes halogenated alkanes) is 1. The molecule has 2 heterocycles. The standard InChI is InChI=1S/C22H24N4O3S/c1-3-5-12-30-22-24-21-19(25-26-22)15-8-6-7-9-16(15)23-20(29-21)14-10-11-17(27)18(13-14)28-4-2/h6-11,13,20,23,27H,3-5,12H2,1-2H3. The lowest BCUT2D eigenvalue weighted by molar-refractivity contribution is 0.224. The minimum Gasteiger partial charge on any atom is -0.504 e. The average molecular weight is 425 g/mol. The van der Waals surface area contributed by atoms with E-state index in [1.165, 1.54) is 0 Å². The Morgan fingerprint density at radius 1 is 1.17 bits per heavy atom. The third-order valence-electron chi connectivity index (χ3n) is 4.65. The van der Waals surface area contributed by atoms with E-state index in [0.29, 0.717) is 29.1 Å². The number of aromatic hydroxyl groups is 1. The number of aromatic nitrogens is 3. The number of nitrogens with one attached hydrogen (secondary N) is 1. The molecule has 8 heteroatoms. The maximum atomic E-state index is 10.1. The number of anilines is 1. The van der Waals surface area contributed by atoms with Gasteiger partial charge < -0.3 is 19.9 Å². The van der Waals surface area contributed by atoms with Crippen LogP contribution in [0.5, 0.6) is 17.4 Å². The van der Waals surface area contributed by atoms with Gasteiger partial charge in [-0.2, -0.15) is 4.98 Å². The highest BCUT2D eigenvalue weighted by Gasteiger charge is 2.26. The molecule has 30 heavy (non-hydrogen) atoms. The first-order chi connectivity index (χ1) is 14.7. The monoisotopic (exact) mass is 424 g/mol. The molecular weight excluding hydrogens is 400 g/mol. The van der Waals surface area contributed by atoms with Crippen LogP contribution in [0.1, 0.15) is 38.5 Å². The number of hydrogen-bond acceptors (Lipinski definition) is 8. The van der Waals surface area contributed by atoms with E-state index in [4.69, 9.17) is 9.47 Å². The third-order valence-corrected chi connectivity index (χ3v) is 5.57. The molecule has 4 rings (SSSR count). The van der Waals surface area contributed by atoms with Crippen LogP contribution in [0.25, 0.3) is 11.3 Å². The molecular formula is C22H24N4O3S. The molecule has 0 spiro atoms. The summed E-state index contributed by atoms with van der Waals surface area (Å²) in [5.74, 6) is 1.87. The van der Waals surface area contributed by atoms with Crippen molar-refractivity contribution in [2.75, 3.05) is 17.7 Å². The zero-order chi connectivity index (χ0) is 20.9.